The molecule has 0 aliphatic carbocycles. The van der Waals surface area contributed by atoms with Crippen LogP contribution in [0.5, 0.6) is 11.5 Å². The van der Waals surface area contributed by atoms with Gasteiger partial charge in [0.2, 0.25) is 0 Å². The van der Waals surface area contributed by atoms with Crippen molar-refractivity contribution in [3.05, 3.63) is 86.9 Å². The van der Waals surface area contributed by atoms with Gasteiger partial charge in [0.25, 0.3) is 17.5 Å². The van der Waals surface area contributed by atoms with Crippen molar-refractivity contribution in [3.63, 3.8) is 0 Å². The first-order valence-corrected chi connectivity index (χ1v) is 10.7. The van der Waals surface area contributed by atoms with E-state index in [0.717, 1.165) is 6.07 Å². The van der Waals surface area contributed by atoms with Crippen molar-refractivity contribution >= 4 is 40.5 Å². The van der Waals surface area contributed by atoms with E-state index >= 15 is 0 Å². The summed E-state index contributed by atoms with van der Waals surface area (Å²) in [6, 6.07) is 14.8. The van der Waals surface area contributed by atoms with Crippen LogP contribution < -0.4 is 20.1 Å². The van der Waals surface area contributed by atoms with Gasteiger partial charge in [0.05, 0.1) is 40.5 Å². The fourth-order valence-electron chi connectivity index (χ4n) is 3.08. The van der Waals surface area contributed by atoms with Gasteiger partial charge in [-0.25, -0.2) is 0 Å². The van der Waals surface area contributed by atoms with Crippen molar-refractivity contribution < 1.29 is 28.7 Å². The van der Waals surface area contributed by atoms with Gasteiger partial charge in [-0.15, -0.1) is 0 Å². The SMILES string of the molecule is COCCOc1cc(NC(=O)c2ccccc2NC(=O)c2ccc([N+](=O)[O-])cc2Cl)ccc1OC. The molecule has 0 radical (unpaired) electrons. The van der Waals surface area contributed by atoms with E-state index in [1.54, 1.807) is 49.6 Å². The third-order valence-electron chi connectivity index (χ3n) is 4.79. The number of nitro groups is 1. The van der Waals surface area contributed by atoms with Gasteiger partial charge in [0, 0.05) is 31.0 Å². The van der Waals surface area contributed by atoms with E-state index < -0.39 is 16.7 Å². The number of amides is 2. The molecule has 3 aromatic carbocycles. The summed E-state index contributed by atoms with van der Waals surface area (Å²) in [6.07, 6.45) is 0. The topological polar surface area (TPSA) is 129 Å². The van der Waals surface area contributed by atoms with Gasteiger partial charge in [-0.2, -0.15) is 0 Å². The van der Waals surface area contributed by atoms with Gasteiger partial charge in [0.15, 0.2) is 11.5 Å². The molecule has 0 heterocycles. The number of rotatable bonds is 10. The molecule has 0 spiro atoms. The summed E-state index contributed by atoms with van der Waals surface area (Å²) in [5, 5.41) is 16.2. The molecule has 0 saturated heterocycles. The smallest absolute Gasteiger partial charge is 0.270 e. The van der Waals surface area contributed by atoms with Crippen molar-refractivity contribution in [2.24, 2.45) is 0 Å². The molecule has 3 aromatic rings. The van der Waals surface area contributed by atoms with E-state index in [-0.39, 0.29) is 27.5 Å². The summed E-state index contributed by atoms with van der Waals surface area (Å²) in [5.41, 5.74) is 0.658. The Kier molecular flexibility index (Phi) is 8.60. The first-order chi connectivity index (χ1) is 16.8. The molecule has 2 N–H and O–H groups in total. The molecule has 3 rings (SSSR count). The lowest BCUT2D eigenvalue weighted by Gasteiger charge is -2.14. The van der Waals surface area contributed by atoms with Crippen molar-refractivity contribution in [3.8, 4) is 11.5 Å². The van der Waals surface area contributed by atoms with Crippen molar-refractivity contribution in [1.82, 2.24) is 0 Å². The van der Waals surface area contributed by atoms with Crippen LogP contribution >= 0.6 is 11.6 Å². The number of hydrogen-bond acceptors (Lipinski definition) is 7. The first-order valence-electron chi connectivity index (χ1n) is 10.3. The number of carbonyl (C=O) groups excluding carboxylic acids is 2. The van der Waals surface area contributed by atoms with Crippen LogP contribution in [0.4, 0.5) is 17.1 Å². The number of nitrogens with one attached hydrogen (secondary N) is 2. The van der Waals surface area contributed by atoms with Crippen LogP contribution in [-0.4, -0.2) is 44.2 Å². The summed E-state index contributed by atoms with van der Waals surface area (Å²) in [5.74, 6) is -0.185. The summed E-state index contributed by atoms with van der Waals surface area (Å²) < 4.78 is 15.9. The molecular formula is C24H22ClN3O7. The average Bonchev–Trinajstić information content (AvgIpc) is 2.84. The number of nitrogens with zero attached hydrogens (tertiary/aromatic N) is 1. The Morgan fingerprint density at radius 2 is 1.66 bits per heavy atom. The van der Waals surface area contributed by atoms with E-state index in [9.17, 15) is 19.7 Å². The molecule has 182 valence electrons. The molecule has 0 saturated carbocycles. The van der Waals surface area contributed by atoms with Gasteiger partial charge in [-0.1, -0.05) is 23.7 Å². The molecule has 0 unspecified atom stereocenters. The zero-order valence-corrected chi connectivity index (χ0v) is 19.6. The molecule has 0 aliphatic rings. The largest absolute Gasteiger partial charge is 0.493 e. The molecule has 0 aliphatic heterocycles. The van der Waals surface area contributed by atoms with E-state index in [2.05, 4.69) is 10.6 Å². The lowest BCUT2D eigenvalue weighted by atomic mass is 10.1. The predicted octanol–water partition coefficient (Wildman–Crippen LogP) is 4.79. The minimum Gasteiger partial charge on any atom is -0.493 e. The summed E-state index contributed by atoms with van der Waals surface area (Å²) in [7, 11) is 3.07. The summed E-state index contributed by atoms with van der Waals surface area (Å²) in [4.78, 5) is 36.1. The van der Waals surface area contributed by atoms with Crippen molar-refractivity contribution in [1.29, 1.82) is 0 Å². The summed E-state index contributed by atoms with van der Waals surface area (Å²) >= 11 is 6.05. The average molecular weight is 500 g/mol. The van der Waals surface area contributed by atoms with Crippen molar-refractivity contribution in [2.45, 2.75) is 0 Å². The second-order valence-electron chi connectivity index (χ2n) is 7.08. The van der Waals surface area contributed by atoms with E-state index in [0.29, 0.717) is 30.4 Å². The Morgan fingerprint density at radius 1 is 0.914 bits per heavy atom. The number of nitro benzene ring substituents is 1. The monoisotopic (exact) mass is 499 g/mol. The van der Waals surface area contributed by atoms with Crippen molar-refractivity contribution in [2.75, 3.05) is 38.1 Å². The van der Waals surface area contributed by atoms with Crippen LogP contribution in [0.2, 0.25) is 5.02 Å². The Morgan fingerprint density at radius 3 is 2.34 bits per heavy atom. The highest BCUT2D eigenvalue weighted by Gasteiger charge is 2.18. The molecule has 10 nitrogen and oxygen atoms in total. The van der Waals surface area contributed by atoms with Crippen LogP contribution in [0.3, 0.4) is 0 Å². The van der Waals surface area contributed by atoms with Gasteiger partial charge >= 0.3 is 0 Å². The van der Waals surface area contributed by atoms with E-state index in [1.807, 2.05) is 0 Å². The number of benzene rings is 3. The van der Waals surface area contributed by atoms with Crippen LogP contribution in [0.25, 0.3) is 0 Å². The fraction of sp³-hybridized carbons (Fsp3) is 0.167. The Balaban J connectivity index is 1.79. The number of para-hydroxylation sites is 1. The van der Waals surface area contributed by atoms with Gasteiger partial charge in [-0.3, -0.25) is 19.7 Å². The van der Waals surface area contributed by atoms with E-state index in [4.69, 9.17) is 25.8 Å². The zero-order valence-electron chi connectivity index (χ0n) is 18.9. The molecule has 35 heavy (non-hydrogen) atoms. The predicted molar refractivity (Wildman–Crippen MR) is 131 cm³/mol. The number of hydrogen-bond donors (Lipinski definition) is 2. The number of anilines is 2. The normalized spacial score (nSPS) is 10.4. The number of ether oxygens (including phenoxy) is 3. The Hall–Kier alpha value is -4.15. The maximum absolute atomic E-state index is 13.0. The minimum atomic E-state index is -0.622. The van der Waals surface area contributed by atoms with Crippen LogP contribution in [-0.2, 0) is 4.74 Å². The molecule has 0 fully saturated rings. The second kappa shape index (κ2) is 11.8. The Bertz CT molecular complexity index is 1250. The third-order valence-corrected chi connectivity index (χ3v) is 5.11. The Labute approximate surface area is 205 Å². The highest BCUT2D eigenvalue weighted by Crippen LogP contribution is 2.31. The lowest BCUT2D eigenvalue weighted by Crippen LogP contribution is -2.18. The third kappa shape index (κ3) is 6.46. The molecule has 0 aromatic heterocycles. The summed E-state index contributed by atoms with van der Waals surface area (Å²) in [6.45, 7) is 0.677. The molecule has 2 amide bonds. The minimum absolute atomic E-state index is 0.0282. The fourth-order valence-corrected chi connectivity index (χ4v) is 3.34. The van der Waals surface area contributed by atoms with Crippen LogP contribution in [0.1, 0.15) is 20.7 Å². The van der Waals surface area contributed by atoms with E-state index in [1.165, 1.54) is 19.2 Å². The van der Waals surface area contributed by atoms with Gasteiger partial charge in [-0.05, 0) is 30.3 Å². The second-order valence-corrected chi connectivity index (χ2v) is 7.49. The highest BCUT2D eigenvalue weighted by molar-refractivity contribution is 6.34. The zero-order chi connectivity index (χ0) is 25.4. The molecule has 0 atom stereocenters. The number of halogens is 1. The molecule has 0 bridgehead atoms. The lowest BCUT2D eigenvalue weighted by molar-refractivity contribution is -0.384. The maximum Gasteiger partial charge on any atom is 0.270 e. The number of non-ortho nitro benzene ring substituents is 1. The first kappa shape index (κ1) is 25.5. The van der Waals surface area contributed by atoms with Gasteiger partial charge < -0.3 is 24.8 Å². The number of carbonyl (C=O) groups is 2. The highest BCUT2D eigenvalue weighted by atomic mass is 35.5. The number of methoxy groups -OCH3 is 2. The standard InChI is InChI=1S/C24H22ClN3O7/c1-33-11-12-35-22-13-15(7-10-21(22)34-2)26-24(30)18-5-3-4-6-20(18)27-23(29)17-9-8-16(28(31)32)14-19(17)25/h3-10,13-14H,11-12H2,1-2H3,(H,26,30)(H,27,29). The quantitative estimate of drug-likeness (QED) is 0.233. The van der Waals surface area contributed by atoms with Gasteiger partial charge in [0.1, 0.15) is 6.61 Å². The van der Waals surface area contributed by atoms with Crippen LogP contribution in [0, 0.1) is 10.1 Å². The van der Waals surface area contributed by atoms with Crippen LogP contribution in [0.15, 0.2) is 60.7 Å². The molecule has 11 heteroatoms. The maximum atomic E-state index is 13.0. The molecular weight excluding hydrogens is 478 g/mol.